The Kier molecular flexibility index (Phi) is 5.76. The van der Waals surface area contributed by atoms with Crippen molar-refractivity contribution in [1.29, 1.82) is 0 Å². The summed E-state index contributed by atoms with van der Waals surface area (Å²) in [5, 5.41) is 7.06. The number of amides is 3. The van der Waals surface area contributed by atoms with Gasteiger partial charge in [-0.1, -0.05) is 35.0 Å². The van der Waals surface area contributed by atoms with Gasteiger partial charge >= 0.3 is 6.03 Å². The van der Waals surface area contributed by atoms with Crippen LogP contribution in [0.5, 0.6) is 0 Å². The molecule has 0 aromatic heterocycles. The number of benzene rings is 1. The van der Waals surface area contributed by atoms with Gasteiger partial charge in [0.15, 0.2) is 6.54 Å². The first-order valence-corrected chi connectivity index (χ1v) is 8.07. The molecule has 1 aliphatic rings. The minimum absolute atomic E-state index is 0.218. The maximum atomic E-state index is 11.8. The summed E-state index contributed by atoms with van der Waals surface area (Å²) in [7, 11) is 0. The molecule has 0 aliphatic heterocycles. The Bertz CT molecular complexity index is 500. The fraction of sp³-hybridized carbons (Fsp3) is 0.467. The zero-order valence-electron chi connectivity index (χ0n) is 12.1. The van der Waals surface area contributed by atoms with Gasteiger partial charge in [0.1, 0.15) is 6.04 Å². The van der Waals surface area contributed by atoms with Gasteiger partial charge in [0.25, 0.3) is 5.91 Å². The number of nitrogens with two attached hydrogens (primary N) is 1. The number of carbonyl (C=O) groups is 2. The molecule has 114 valence electrons. The lowest BCUT2D eigenvalue weighted by Crippen LogP contribution is -2.87. The van der Waals surface area contributed by atoms with E-state index >= 15 is 0 Å². The first-order valence-electron chi connectivity index (χ1n) is 7.27. The van der Waals surface area contributed by atoms with Crippen molar-refractivity contribution >= 4 is 27.9 Å². The number of hydrogen-bond donors (Lipinski definition) is 3. The van der Waals surface area contributed by atoms with Crippen LogP contribution in [0, 0.1) is 0 Å². The minimum Gasteiger partial charge on any atom is -0.335 e. The van der Waals surface area contributed by atoms with E-state index in [4.69, 9.17) is 0 Å². The number of quaternary nitrogens is 1. The van der Waals surface area contributed by atoms with E-state index in [1.54, 1.807) is 0 Å². The number of imide groups is 1. The van der Waals surface area contributed by atoms with Crippen LogP contribution in [0.1, 0.15) is 37.8 Å². The van der Waals surface area contributed by atoms with Crippen molar-refractivity contribution in [3.63, 3.8) is 0 Å². The lowest BCUT2D eigenvalue weighted by atomic mass is 10.0. The van der Waals surface area contributed by atoms with E-state index in [1.165, 1.54) is 5.56 Å². The van der Waals surface area contributed by atoms with Gasteiger partial charge in [0, 0.05) is 22.5 Å². The first kappa shape index (κ1) is 16.0. The summed E-state index contributed by atoms with van der Waals surface area (Å²) < 4.78 is 1.04. The third-order valence-corrected chi connectivity index (χ3v) is 4.02. The van der Waals surface area contributed by atoms with Gasteiger partial charge in [-0.05, 0) is 25.0 Å². The van der Waals surface area contributed by atoms with E-state index in [-0.39, 0.29) is 30.6 Å². The molecular formula is C15H21BrN3O2+. The van der Waals surface area contributed by atoms with Crippen LogP contribution in [-0.2, 0) is 4.79 Å². The Balaban J connectivity index is 1.77. The van der Waals surface area contributed by atoms with Crippen molar-refractivity contribution in [2.75, 3.05) is 6.54 Å². The fourth-order valence-corrected chi connectivity index (χ4v) is 2.39. The predicted octanol–water partition coefficient (Wildman–Crippen LogP) is 1.45. The molecule has 0 unspecified atom stereocenters. The number of carbonyl (C=O) groups excluding carboxylic acids is 2. The molecule has 3 amide bonds. The van der Waals surface area contributed by atoms with Gasteiger partial charge in [-0.15, -0.1) is 0 Å². The van der Waals surface area contributed by atoms with Crippen molar-refractivity contribution in [3.05, 3.63) is 34.3 Å². The molecule has 1 saturated carbocycles. The Morgan fingerprint density at radius 3 is 2.57 bits per heavy atom. The minimum atomic E-state index is -0.382. The van der Waals surface area contributed by atoms with Gasteiger partial charge in [-0.3, -0.25) is 10.1 Å². The maximum absolute atomic E-state index is 11.8. The first-order chi connectivity index (χ1) is 10.1. The third kappa shape index (κ3) is 5.47. The molecule has 0 heterocycles. The molecule has 0 bridgehead atoms. The Morgan fingerprint density at radius 1 is 1.33 bits per heavy atom. The standard InChI is InChI=1S/C15H20BrN3O2/c1-2-13(10-3-5-11(16)6-4-10)17-9-14(20)19-15(21)18-12-7-8-12/h3-6,12-13,17H,2,7-9H2,1H3,(H2,18,19,20,21)/p+1/t13-/m1/s1. The van der Waals surface area contributed by atoms with Gasteiger partial charge < -0.3 is 10.6 Å². The zero-order valence-corrected chi connectivity index (χ0v) is 13.7. The van der Waals surface area contributed by atoms with Crippen LogP contribution in [-0.4, -0.2) is 24.5 Å². The highest BCUT2D eigenvalue weighted by Crippen LogP contribution is 2.18. The summed E-state index contributed by atoms with van der Waals surface area (Å²) in [6.07, 6.45) is 2.94. The van der Waals surface area contributed by atoms with Crippen molar-refractivity contribution in [2.45, 2.75) is 38.3 Å². The topological polar surface area (TPSA) is 74.8 Å². The molecule has 0 spiro atoms. The molecule has 5 nitrogen and oxygen atoms in total. The molecule has 1 aliphatic carbocycles. The normalized spacial score (nSPS) is 15.3. The summed E-state index contributed by atoms with van der Waals surface area (Å²) in [5.74, 6) is -0.260. The van der Waals surface area contributed by atoms with E-state index in [1.807, 2.05) is 29.6 Å². The highest BCUT2D eigenvalue weighted by atomic mass is 79.9. The smallest absolute Gasteiger partial charge is 0.321 e. The van der Waals surface area contributed by atoms with E-state index in [0.717, 1.165) is 23.7 Å². The number of halogens is 1. The van der Waals surface area contributed by atoms with E-state index in [0.29, 0.717) is 0 Å². The van der Waals surface area contributed by atoms with Crippen LogP contribution in [0.4, 0.5) is 4.79 Å². The van der Waals surface area contributed by atoms with E-state index in [9.17, 15) is 9.59 Å². The molecule has 4 N–H and O–H groups in total. The van der Waals surface area contributed by atoms with Crippen molar-refractivity contribution in [1.82, 2.24) is 10.6 Å². The third-order valence-electron chi connectivity index (χ3n) is 3.49. The molecule has 1 aromatic rings. The lowest BCUT2D eigenvalue weighted by molar-refractivity contribution is -0.686. The summed E-state index contributed by atoms with van der Waals surface area (Å²) in [5.41, 5.74) is 1.18. The maximum Gasteiger partial charge on any atom is 0.321 e. The molecule has 6 heteroatoms. The average molecular weight is 355 g/mol. The van der Waals surface area contributed by atoms with E-state index < -0.39 is 0 Å². The molecule has 2 rings (SSSR count). The van der Waals surface area contributed by atoms with Gasteiger partial charge in [0.05, 0.1) is 0 Å². The van der Waals surface area contributed by atoms with Crippen LogP contribution in [0.15, 0.2) is 28.7 Å². The average Bonchev–Trinajstić information content (AvgIpc) is 3.25. The second kappa shape index (κ2) is 7.56. The summed E-state index contributed by atoms with van der Waals surface area (Å²) in [6, 6.07) is 8.18. The highest BCUT2D eigenvalue weighted by Gasteiger charge is 2.24. The summed E-state index contributed by atoms with van der Waals surface area (Å²) in [4.78, 5) is 23.2. The van der Waals surface area contributed by atoms with Crippen molar-refractivity contribution < 1.29 is 14.9 Å². The van der Waals surface area contributed by atoms with Crippen molar-refractivity contribution in [2.24, 2.45) is 0 Å². The molecule has 1 aromatic carbocycles. The number of rotatable bonds is 6. The Hall–Kier alpha value is -1.40. The highest BCUT2D eigenvalue weighted by molar-refractivity contribution is 9.10. The van der Waals surface area contributed by atoms with Crippen LogP contribution in [0.3, 0.4) is 0 Å². The second-order valence-corrected chi connectivity index (χ2v) is 6.22. The van der Waals surface area contributed by atoms with E-state index in [2.05, 4.69) is 33.5 Å². The Labute approximate surface area is 133 Å². The van der Waals surface area contributed by atoms with Crippen LogP contribution in [0.2, 0.25) is 0 Å². The molecule has 0 radical (unpaired) electrons. The largest absolute Gasteiger partial charge is 0.335 e. The Morgan fingerprint density at radius 2 is 2.00 bits per heavy atom. The quantitative estimate of drug-likeness (QED) is 0.723. The van der Waals surface area contributed by atoms with Crippen LogP contribution in [0.25, 0.3) is 0 Å². The zero-order chi connectivity index (χ0) is 15.2. The predicted molar refractivity (Wildman–Crippen MR) is 83.7 cm³/mol. The van der Waals surface area contributed by atoms with Gasteiger partial charge in [0.2, 0.25) is 0 Å². The molecule has 1 fully saturated rings. The second-order valence-electron chi connectivity index (χ2n) is 5.30. The number of hydrogen-bond acceptors (Lipinski definition) is 2. The molecular weight excluding hydrogens is 334 g/mol. The van der Waals surface area contributed by atoms with Crippen LogP contribution >= 0.6 is 15.9 Å². The van der Waals surface area contributed by atoms with Crippen molar-refractivity contribution in [3.8, 4) is 0 Å². The van der Waals surface area contributed by atoms with Gasteiger partial charge in [-0.25, -0.2) is 4.79 Å². The molecule has 0 saturated heterocycles. The summed E-state index contributed by atoms with van der Waals surface area (Å²) in [6.45, 7) is 2.33. The molecule has 1 atom stereocenters. The lowest BCUT2D eigenvalue weighted by Gasteiger charge is -2.14. The SMILES string of the molecule is CC[C@@H]([NH2+]CC(=O)NC(=O)NC1CC1)c1ccc(Br)cc1. The van der Waals surface area contributed by atoms with Crippen LogP contribution < -0.4 is 16.0 Å². The number of urea groups is 1. The fourth-order valence-electron chi connectivity index (χ4n) is 2.12. The summed E-state index contributed by atoms with van der Waals surface area (Å²) >= 11 is 3.41. The number of nitrogens with one attached hydrogen (secondary N) is 2. The molecule has 21 heavy (non-hydrogen) atoms. The van der Waals surface area contributed by atoms with Gasteiger partial charge in [-0.2, -0.15) is 0 Å². The monoisotopic (exact) mass is 354 g/mol.